The molecule has 2 unspecified atom stereocenters. The first kappa shape index (κ1) is 25.2. The molecular formula is C30H33N3O3. The van der Waals surface area contributed by atoms with Crippen LogP contribution in [0.15, 0.2) is 72.9 Å². The molecule has 186 valence electrons. The second kappa shape index (κ2) is 11.7. The van der Waals surface area contributed by atoms with Crippen LogP contribution in [0.1, 0.15) is 47.4 Å². The van der Waals surface area contributed by atoms with E-state index in [9.17, 15) is 9.59 Å². The molecule has 4 rings (SSSR count). The topological polar surface area (TPSA) is 71.5 Å². The second-order valence-corrected chi connectivity index (χ2v) is 9.69. The number of nitrogens with one attached hydrogen (secondary N) is 1. The average Bonchev–Trinajstić information content (AvgIpc) is 2.88. The van der Waals surface area contributed by atoms with Crippen molar-refractivity contribution in [3.8, 4) is 5.75 Å². The highest BCUT2D eigenvalue weighted by Crippen LogP contribution is 2.24. The summed E-state index contributed by atoms with van der Waals surface area (Å²) in [5.74, 6) is 1.49. The van der Waals surface area contributed by atoms with Crippen LogP contribution in [-0.2, 0) is 11.4 Å². The number of carbonyl (C=O) groups excluding carboxylic acids is 2. The van der Waals surface area contributed by atoms with E-state index < -0.39 is 0 Å². The fourth-order valence-corrected chi connectivity index (χ4v) is 4.56. The highest BCUT2D eigenvalue weighted by molar-refractivity contribution is 6.03. The van der Waals surface area contributed by atoms with Crippen molar-refractivity contribution in [2.45, 2.75) is 33.8 Å². The molecule has 2 atom stereocenters. The van der Waals surface area contributed by atoms with Gasteiger partial charge in [-0.1, -0.05) is 38.1 Å². The summed E-state index contributed by atoms with van der Waals surface area (Å²) in [6.07, 6.45) is 6.12. The van der Waals surface area contributed by atoms with Gasteiger partial charge in [0.2, 0.25) is 5.91 Å². The lowest BCUT2D eigenvalue weighted by Crippen LogP contribution is -2.42. The number of rotatable bonds is 7. The number of benzene rings is 2. The zero-order valence-electron chi connectivity index (χ0n) is 21.1. The number of ether oxygens (including phenoxy) is 1. The van der Waals surface area contributed by atoms with E-state index in [-0.39, 0.29) is 11.8 Å². The third kappa shape index (κ3) is 6.81. The van der Waals surface area contributed by atoms with E-state index in [2.05, 4.69) is 24.1 Å². The van der Waals surface area contributed by atoms with E-state index in [0.29, 0.717) is 29.7 Å². The van der Waals surface area contributed by atoms with Crippen molar-refractivity contribution in [1.82, 2.24) is 9.88 Å². The highest BCUT2D eigenvalue weighted by atomic mass is 16.5. The van der Waals surface area contributed by atoms with E-state index >= 15 is 0 Å². The molecule has 0 saturated carbocycles. The van der Waals surface area contributed by atoms with Crippen molar-refractivity contribution >= 4 is 23.6 Å². The Morgan fingerprint density at radius 2 is 1.81 bits per heavy atom. The van der Waals surface area contributed by atoms with Crippen LogP contribution in [-0.4, -0.2) is 34.8 Å². The summed E-state index contributed by atoms with van der Waals surface area (Å²) in [7, 11) is 0. The molecule has 0 aliphatic carbocycles. The largest absolute Gasteiger partial charge is 0.487 e. The minimum absolute atomic E-state index is 0.0183. The Hall–Kier alpha value is -3.93. The molecule has 1 aromatic heterocycles. The number of nitrogens with zero attached hydrogens (tertiary/aromatic N) is 2. The van der Waals surface area contributed by atoms with E-state index in [1.807, 2.05) is 66.4 Å². The van der Waals surface area contributed by atoms with E-state index in [4.69, 9.17) is 4.74 Å². The van der Waals surface area contributed by atoms with Gasteiger partial charge in [0.15, 0.2) is 0 Å². The molecule has 0 radical (unpaired) electrons. The Morgan fingerprint density at radius 1 is 1.06 bits per heavy atom. The molecule has 1 fully saturated rings. The number of anilines is 1. The summed E-state index contributed by atoms with van der Waals surface area (Å²) < 4.78 is 5.75. The molecule has 1 saturated heterocycles. The molecule has 2 heterocycles. The molecule has 0 bridgehead atoms. The van der Waals surface area contributed by atoms with E-state index in [1.54, 1.807) is 18.3 Å². The van der Waals surface area contributed by atoms with E-state index in [0.717, 1.165) is 42.1 Å². The predicted octanol–water partition coefficient (Wildman–Crippen LogP) is 5.74. The Labute approximate surface area is 213 Å². The van der Waals surface area contributed by atoms with Crippen molar-refractivity contribution in [2.75, 3.05) is 18.4 Å². The second-order valence-electron chi connectivity index (χ2n) is 9.69. The molecule has 0 spiro atoms. The molecule has 3 aromatic rings. The van der Waals surface area contributed by atoms with Gasteiger partial charge < -0.3 is 15.0 Å². The van der Waals surface area contributed by atoms with Gasteiger partial charge in [0.05, 0.1) is 5.69 Å². The van der Waals surface area contributed by atoms with Gasteiger partial charge in [0.1, 0.15) is 12.4 Å². The molecule has 1 aliphatic rings. The maximum Gasteiger partial charge on any atom is 0.253 e. The van der Waals surface area contributed by atoms with Crippen LogP contribution in [0, 0.1) is 18.8 Å². The lowest BCUT2D eigenvalue weighted by Gasteiger charge is -2.35. The van der Waals surface area contributed by atoms with Crippen LogP contribution >= 0.6 is 0 Å². The van der Waals surface area contributed by atoms with Crippen molar-refractivity contribution < 1.29 is 14.3 Å². The zero-order chi connectivity index (χ0) is 25.5. The number of amides is 2. The van der Waals surface area contributed by atoms with E-state index in [1.165, 1.54) is 6.08 Å². The first-order valence-electron chi connectivity index (χ1n) is 12.4. The smallest absolute Gasteiger partial charge is 0.253 e. The third-order valence-corrected chi connectivity index (χ3v) is 6.32. The molecule has 1 aliphatic heterocycles. The summed E-state index contributed by atoms with van der Waals surface area (Å²) in [6, 6.07) is 18.7. The van der Waals surface area contributed by atoms with Crippen molar-refractivity contribution in [2.24, 2.45) is 11.8 Å². The van der Waals surface area contributed by atoms with Crippen molar-refractivity contribution in [1.29, 1.82) is 0 Å². The number of hydrogen-bond donors (Lipinski definition) is 1. The maximum absolute atomic E-state index is 13.1. The molecule has 1 N–H and O–H groups in total. The quantitative estimate of drug-likeness (QED) is 0.435. The predicted molar refractivity (Wildman–Crippen MR) is 143 cm³/mol. The summed E-state index contributed by atoms with van der Waals surface area (Å²) >= 11 is 0. The van der Waals surface area contributed by atoms with Gasteiger partial charge in [-0.05, 0) is 78.8 Å². The average molecular weight is 484 g/mol. The third-order valence-electron chi connectivity index (χ3n) is 6.32. The number of pyridine rings is 1. The first-order chi connectivity index (χ1) is 17.4. The van der Waals surface area contributed by atoms with Gasteiger partial charge in [0.25, 0.3) is 5.91 Å². The van der Waals surface area contributed by atoms with Crippen LogP contribution in [0.5, 0.6) is 5.75 Å². The lowest BCUT2D eigenvalue weighted by atomic mass is 9.91. The fraction of sp³-hybridized carbons (Fsp3) is 0.300. The minimum atomic E-state index is -0.251. The van der Waals surface area contributed by atoms with Gasteiger partial charge in [-0.2, -0.15) is 0 Å². The number of carbonyl (C=O) groups is 2. The first-order valence-corrected chi connectivity index (χ1v) is 12.4. The van der Waals surface area contributed by atoms with Gasteiger partial charge in [-0.25, -0.2) is 0 Å². The standard InChI is InChI=1S/C30H33N3O3/c1-21-16-22(2)19-33(18-21)30(35)25-11-7-23(3)28(17-25)32-29(34)14-10-24-8-12-27(13-9-24)36-20-26-6-4-5-15-31-26/h4-15,17,21-22H,16,18-20H2,1-3H3,(H,32,34)/b14-10+. The van der Waals surface area contributed by atoms with Crippen LogP contribution in [0.3, 0.4) is 0 Å². The normalized spacial score (nSPS) is 17.7. The Balaban J connectivity index is 1.35. The number of hydrogen-bond acceptors (Lipinski definition) is 4. The van der Waals surface area contributed by atoms with Gasteiger partial charge in [-0.3, -0.25) is 14.6 Å². The van der Waals surface area contributed by atoms with Crippen LogP contribution < -0.4 is 10.1 Å². The molecular weight excluding hydrogens is 450 g/mol. The summed E-state index contributed by atoms with van der Waals surface area (Å²) in [5, 5.41) is 2.92. The summed E-state index contributed by atoms with van der Waals surface area (Å²) in [6.45, 7) is 8.23. The molecule has 2 amide bonds. The maximum atomic E-state index is 13.1. The van der Waals surface area contributed by atoms with Gasteiger partial charge in [-0.15, -0.1) is 0 Å². The molecule has 36 heavy (non-hydrogen) atoms. The van der Waals surface area contributed by atoms with Crippen LogP contribution in [0.25, 0.3) is 6.08 Å². The highest BCUT2D eigenvalue weighted by Gasteiger charge is 2.26. The molecule has 2 aromatic carbocycles. The Kier molecular flexibility index (Phi) is 8.16. The summed E-state index contributed by atoms with van der Waals surface area (Å²) in [4.78, 5) is 31.9. The minimum Gasteiger partial charge on any atom is -0.487 e. The van der Waals surface area contributed by atoms with Crippen LogP contribution in [0.4, 0.5) is 5.69 Å². The SMILES string of the molecule is Cc1ccc(C(=O)N2CC(C)CC(C)C2)cc1NC(=O)/C=C/c1ccc(OCc2ccccn2)cc1. The Bertz CT molecular complexity index is 1210. The van der Waals surface area contributed by atoms with Gasteiger partial charge >= 0.3 is 0 Å². The number of likely N-dealkylation sites (tertiary alicyclic amines) is 1. The van der Waals surface area contributed by atoms with Crippen LogP contribution in [0.2, 0.25) is 0 Å². The summed E-state index contributed by atoms with van der Waals surface area (Å²) in [5.41, 5.74) is 3.89. The van der Waals surface area contributed by atoms with Crippen molar-refractivity contribution in [3.63, 3.8) is 0 Å². The number of aryl methyl sites for hydroxylation is 1. The van der Waals surface area contributed by atoms with Crippen molar-refractivity contribution in [3.05, 3.63) is 95.3 Å². The lowest BCUT2D eigenvalue weighted by molar-refractivity contribution is -0.111. The molecule has 6 heteroatoms. The monoisotopic (exact) mass is 483 g/mol. The number of aromatic nitrogens is 1. The zero-order valence-corrected chi connectivity index (χ0v) is 21.1. The fourth-order valence-electron chi connectivity index (χ4n) is 4.56. The Morgan fingerprint density at radius 3 is 2.50 bits per heavy atom. The molecule has 6 nitrogen and oxygen atoms in total. The number of piperidine rings is 1. The van der Waals surface area contributed by atoms with Gasteiger partial charge in [0, 0.05) is 36.6 Å².